The molecule has 1 amide bonds. The van der Waals surface area contributed by atoms with Crippen molar-refractivity contribution in [2.45, 2.75) is 37.8 Å². The number of nitrogens with one attached hydrogen (secondary N) is 1. The Kier molecular flexibility index (Phi) is 5.19. The van der Waals surface area contributed by atoms with Crippen molar-refractivity contribution in [3.05, 3.63) is 65.2 Å². The highest BCUT2D eigenvalue weighted by molar-refractivity contribution is 6.30. The first-order valence-electron chi connectivity index (χ1n) is 8.03. The van der Waals surface area contributed by atoms with Gasteiger partial charge in [0, 0.05) is 16.6 Å². The Morgan fingerprint density at radius 1 is 0.957 bits per heavy atom. The van der Waals surface area contributed by atoms with Gasteiger partial charge in [0.2, 0.25) is 0 Å². The van der Waals surface area contributed by atoms with E-state index in [1.165, 1.54) is 0 Å². The van der Waals surface area contributed by atoms with Gasteiger partial charge in [-0.2, -0.15) is 0 Å². The van der Waals surface area contributed by atoms with E-state index in [-0.39, 0.29) is 11.9 Å². The third kappa shape index (κ3) is 4.49. The number of carbonyl (C=O) groups is 1. The first kappa shape index (κ1) is 15.9. The third-order valence-corrected chi connectivity index (χ3v) is 4.48. The Bertz CT molecular complexity index is 634. The number of nitrogens with zero attached hydrogens (tertiary/aromatic N) is 1. The van der Waals surface area contributed by atoms with Gasteiger partial charge in [0.1, 0.15) is 0 Å². The van der Waals surface area contributed by atoms with Gasteiger partial charge in [-0.05, 0) is 62.1 Å². The minimum Gasteiger partial charge on any atom is -0.349 e. The molecule has 1 aliphatic carbocycles. The quantitative estimate of drug-likeness (QED) is 0.893. The highest BCUT2D eigenvalue weighted by atomic mass is 35.5. The van der Waals surface area contributed by atoms with Gasteiger partial charge < -0.3 is 5.32 Å². The number of rotatable bonds is 4. The maximum absolute atomic E-state index is 12.2. The van der Waals surface area contributed by atoms with E-state index in [4.69, 9.17) is 16.9 Å². The highest BCUT2D eigenvalue weighted by Crippen LogP contribution is 2.23. The van der Waals surface area contributed by atoms with Crippen LogP contribution in [0.5, 0.6) is 0 Å². The van der Waals surface area contributed by atoms with Crippen LogP contribution < -0.4 is 10.6 Å². The fraction of sp³-hybridized carbons (Fsp3) is 0.316. The van der Waals surface area contributed by atoms with E-state index in [0.717, 1.165) is 42.0 Å². The Labute approximate surface area is 142 Å². The van der Waals surface area contributed by atoms with E-state index in [2.05, 4.69) is 5.32 Å². The van der Waals surface area contributed by atoms with Crippen LogP contribution in [-0.2, 0) is 0 Å². The molecule has 119 valence electrons. The molecular formula is C19H20ClN2O. The van der Waals surface area contributed by atoms with Crippen molar-refractivity contribution in [2.75, 3.05) is 0 Å². The van der Waals surface area contributed by atoms with Crippen molar-refractivity contribution in [3.63, 3.8) is 0 Å². The predicted molar refractivity (Wildman–Crippen MR) is 93.2 cm³/mol. The lowest BCUT2D eigenvalue weighted by atomic mass is 9.90. The lowest BCUT2D eigenvalue weighted by Gasteiger charge is -2.29. The average molecular weight is 328 g/mol. The van der Waals surface area contributed by atoms with Gasteiger partial charge >= 0.3 is 0 Å². The molecular weight excluding hydrogens is 308 g/mol. The monoisotopic (exact) mass is 327 g/mol. The highest BCUT2D eigenvalue weighted by Gasteiger charge is 2.23. The van der Waals surface area contributed by atoms with Gasteiger partial charge in [0.25, 0.3) is 5.91 Å². The Balaban J connectivity index is 1.47. The summed E-state index contributed by atoms with van der Waals surface area (Å²) in [6, 6.07) is 17.6. The molecule has 2 aromatic rings. The van der Waals surface area contributed by atoms with Gasteiger partial charge in [0.15, 0.2) is 0 Å². The van der Waals surface area contributed by atoms with E-state index >= 15 is 0 Å². The van der Waals surface area contributed by atoms with Gasteiger partial charge in [-0.1, -0.05) is 29.8 Å². The largest absolute Gasteiger partial charge is 0.349 e. The summed E-state index contributed by atoms with van der Waals surface area (Å²) in [4.78, 5) is 12.2. The number of hydrogen-bond donors (Lipinski definition) is 1. The lowest BCUT2D eigenvalue weighted by Crippen LogP contribution is -2.40. The van der Waals surface area contributed by atoms with Crippen LogP contribution in [0.1, 0.15) is 36.0 Å². The molecule has 1 saturated carbocycles. The van der Waals surface area contributed by atoms with E-state index in [1.54, 1.807) is 0 Å². The van der Waals surface area contributed by atoms with E-state index in [9.17, 15) is 4.79 Å². The minimum atomic E-state index is 0.0173. The van der Waals surface area contributed by atoms with Crippen molar-refractivity contribution in [2.24, 2.45) is 0 Å². The second-order valence-electron chi connectivity index (χ2n) is 5.95. The smallest absolute Gasteiger partial charge is 0.251 e. The zero-order valence-electron chi connectivity index (χ0n) is 12.9. The second-order valence-corrected chi connectivity index (χ2v) is 6.39. The first-order chi connectivity index (χ1) is 11.2. The second kappa shape index (κ2) is 7.51. The molecule has 1 radical (unpaired) electrons. The fourth-order valence-electron chi connectivity index (χ4n) is 2.95. The van der Waals surface area contributed by atoms with Crippen LogP contribution in [0.3, 0.4) is 0 Å². The Morgan fingerprint density at radius 3 is 2.26 bits per heavy atom. The lowest BCUT2D eigenvalue weighted by molar-refractivity contribution is 0.0925. The molecule has 1 fully saturated rings. The van der Waals surface area contributed by atoms with Crippen molar-refractivity contribution >= 4 is 23.2 Å². The molecule has 0 aromatic heterocycles. The Hall–Kier alpha value is -2.00. The zero-order valence-corrected chi connectivity index (χ0v) is 13.7. The molecule has 0 heterocycles. The van der Waals surface area contributed by atoms with E-state index < -0.39 is 0 Å². The zero-order chi connectivity index (χ0) is 16.1. The molecule has 0 saturated heterocycles. The predicted octanol–water partition coefficient (Wildman–Crippen LogP) is 4.32. The molecule has 3 nitrogen and oxygen atoms in total. The number of hydrogen-bond acceptors (Lipinski definition) is 1. The van der Waals surface area contributed by atoms with E-state index in [0.29, 0.717) is 6.04 Å². The van der Waals surface area contributed by atoms with Crippen LogP contribution in [0.25, 0.3) is 0 Å². The normalized spacial score (nSPS) is 20.7. The van der Waals surface area contributed by atoms with Crippen LogP contribution in [0, 0.1) is 0 Å². The van der Waals surface area contributed by atoms with Crippen LogP contribution in [-0.4, -0.2) is 18.0 Å². The number of halogens is 1. The van der Waals surface area contributed by atoms with Gasteiger partial charge in [-0.3, -0.25) is 10.1 Å². The molecule has 1 N–H and O–H groups in total. The average Bonchev–Trinajstić information content (AvgIpc) is 2.59. The topological polar surface area (TPSA) is 43.2 Å². The molecule has 0 atom stereocenters. The molecule has 0 bridgehead atoms. The summed E-state index contributed by atoms with van der Waals surface area (Å²) in [5.41, 5.74) is 1.70. The van der Waals surface area contributed by atoms with Crippen molar-refractivity contribution < 1.29 is 4.79 Å². The summed E-state index contributed by atoms with van der Waals surface area (Å²) in [6.45, 7) is 0. The summed E-state index contributed by atoms with van der Waals surface area (Å²) in [5, 5.41) is 8.62. The molecule has 3 rings (SSSR count). The van der Waals surface area contributed by atoms with Crippen molar-refractivity contribution in [1.82, 2.24) is 10.6 Å². The number of amides is 1. The van der Waals surface area contributed by atoms with Gasteiger partial charge in [-0.15, -0.1) is 0 Å². The summed E-state index contributed by atoms with van der Waals surface area (Å²) in [7, 11) is 0. The van der Waals surface area contributed by atoms with Crippen LogP contribution in [0.4, 0.5) is 5.69 Å². The maximum Gasteiger partial charge on any atom is 0.251 e. The first-order valence-corrected chi connectivity index (χ1v) is 8.41. The van der Waals surface area contributed by atoms with Crippen LogP contribution in [0.15, 0.2) is 54.6 Å². The summed E-state index contributed by atoms with van der Waals surface area (Å²) in [5.74, 6) is 0.0173. The summed E-state index contributed by atoms with van der Waals surface area (Å²) < 4.78 is 0. The van der Waals surface area contributed by atoms with Gasteiger partial charge in [-0.25, -0.2) is 0 Å². The molecule has 2 aromatic carbocycles. The number of carbonyl (C=O) groups excluding carboxylic acids is 1. The summed E-state index contributed by atoms with van der Waals surface area (Å²) in [6.07, 6.45) is 3.95. The van der Waals surface area contributed by atoms with E-state index in [1.807, 2.05) is 54.6 Å². The fourth-order valence-corrected chi connectivity index (χ4v) is 3.07. The maximum atomic E-state index is 12.2. The minimum absolute atomic E-state index is 0.0173. The molecule has 0 unspecified atom stereocenters. The van der Waals surface area contributed by atoms with Gasteiger partial charge in [0.05, 0.1) is 11.7 Å². The van der Waals surface area contributed by atoms with Crippen molar-refractivity contribution in [3.8, 4) is 0 Å². The molecule has 4 heteroatoms. The Morgan fingerprint density at radius 2 is 1.61 bits per heavy atom. The van der Waals surface area contributed by atoms with Crippen LogP contribution >= 0.6 is 11.6 Å². The molecule has 0 aliphatic heterocycles. The standard InChI is InChI=1S/C19H20ClN2O/c20-15-6-8-16(9-7-15)21-17-10-12-18(13-11-17)22-19(23)14-4-2-1-3-5-14/h1-9,17-18H,10-13H2,(H,22,23)/t17-,18-. The van der Waals surface area contributed by atoms with Crippen molar-refractivity contribution in [1.29, 1.82) is 0 Å². The molecule has 23 heavy (non-hydrogen) atoms. The van der Waals surface area contributed by atoms with Crippen LogP contribution in [0.2, 0.25) is 5.02 Å². The molecule has 1 aliphatic rings. The molecule has 0 spiro atoms. The SMILES string of the molecule is O=C(N[C@H]1CC[C@H]([N]c2ccc(Cl)cc2)CC1)c1ccccc1. The third-order valence-electron chi connectivity index (χ3n) is 4.23. The number of benzene rings is 2. The summed E-state index contributed by atoms with van der Waals surface area (Å²) >= 11 is 5.89.